The van der Waals surface area contributed by atoms with E-state index in [1.165, 1.54) is 11.8 Å². The van der Waals surface area contributed by atoms with E-state index in [4.69, 9.17) is 0 Å². The minimum atomic E-state index is -0.217. The fraction of sp³-hybridized carbons (Fsp3) is 0.267. The van der Waals surface area contributed by atoms with Crippen LogP contribution >= 0.6 is 11.8 Å². The molecule has 0 spiro atoms. The third-order valence-corrected chi connectivity index (χ3v) is 4.61. The number of para-hydroxylation sites is 1. The Morgan fingerprint density at radius 1 is 1.38 bits per heavy atom. The van der Waals surface area contributed by atoms with Crippen LogP contribution in [0.1, 0.15) is 23.0 Å². The van der Waals surface area contributed by atoms with Crippen molar-refractivity contribution in [3.05, 3.63) is 41.9 Å². The molecule has 0 fully saturated rings. The number of aromatic nitrogens is 4. The summed E-state index contributed by atoms with van der Waals surface area (Å²) in [5, 5.41) is 9.36. The average Bonchev–Trinajstić information content (AvgIpc) is 3.01. The van der Waals surface area contributed by atoms with E-state index in [0.717, 1.165) is 27.3 Å². The second-order valence-corrected chi connectivity index (χ2v) is 6.33. The molecule has 6 heteroatoms. The molecule has 108 valence electrons. The Hall–Kier alpha value is -2.08. The number of nitrogens with one attached hydrogen (secondary N) is 1. The summed E-state index contributed by atoms with van der Waals surface area (Å²) in [7, 11) is 1.87. The van der Waals surface area contributed by atoms with Gasteiger partial charge in [-0.2, -0.15) is 0 Å². The fourth-order valence-corrected chi connectivity index (χ4v) is 3.24. The van der Waals surface area contributed by atoms with Gasteiger partial charge in [-0.3, -0.25) is 4.79 Å². The molecular formula is C15H16N4OS. The Morgan fingerprint density at radius 3 is 2.86 bits per heavy atom. The maximum atomic E-state index is 12.8. The minimum Gasteiger partial charge on any atom is -0.358 e. The Morgan fingerprint density at radius 2 is 2.14 bits per heavy atom. The second-order valence-electron chi connectivity index (χ2n) is 5.02. The molecule has 2 aromatic heterocycles. The van der Waals surface area contributed by atoms with Crippen LogP contribution in [0.2, 0.25) is 0 Å². The van der Waals surface area contributed by atoms with Crippen molar-refractivity contribution < 1.29 is 4.79 Å². The van der Waals surface area contributed by atoms with Crippen molar-refractivity contribution in [3.63, 3.8) is 0 Å². The highest BCUT2D eigenvalue weighted by molar-refractivity contribution is 8.00. The van der Waals surface area contributed by atoms with Gasteiger partial charge >= 0.3 is 0 Å². The molecule has 0 unspecified atom stereocenters. The van der Waals surface area contributed by atoms with Crippen LogP contribution in [0.25, 0.3) is 10.9 Å². The molecule has 0 saturated carbocycles. The summed E-state index contributed by atoms with van der Waals surface area (Å²) in [5.41, 5.74) is 2.67. The summed E-state index contributed by atoms with van der Waals surface area (Å²) >= 11 is 1.43. The molecule has 2 heterocycles. The smallest absolute Gasteiger partial charge is 0.191 e. The van der Waals surface area contributed by atoms with Crippen molar-refractivity contribution in [3.8, 4) is 0 Å². The van der Waals surface area contributed by atoms with Crippen molar-refractivity contribution in [1.82, 2.24) is 19.7 Å². The molecule has 21 heavy (non-hydrogen) atoms. The number of fused-ring (bicyclic) bond motifs is 1. The van der Waals surface area contributed by atoms with Crippen LogP contribution in [-0.2, 0) is 7.05 Å². The maximum Gasteiger partial charge on any atom is 0.191 e. The Bertz CT molecular complexity index is 805. The lowest BCUT2D eigenvalue weighted by atomic mass is 10.1. The summed E-state index contributed by atoms with van der Waals surface area (Å²) in [6.45, 7) is 3.84. The van der Waals surface area contributed by atoms with Gasteiger partial charge in [-0.15, -0.1) is 10.2 Å². The third kappa shape index (κ3) is 2.47. The van der Waals surface area contributed by atoms with Crippen LogP contribution in [0.5, 0.6) is 0 Å². The number of thioether (sulfide) groups is 1. The van der Waals surface area contributed by atoms with Gasteiger partial charge in [0.2, 0.25) is 0 Å². The van der Waals surface area contributed by atoms with Crippen molar-refractivity contribution in [1.29, 1.82) is 0 Å². The number of Topliss-reactive ketones (excluding diaryl/α,β-unsaturated/α-hetero) is 1. The van der Waals surface area contributed by atoms with Crippen molar-refractivity contribution in [2.24, 2.45) is 7.05 Å². The molecule has 0 aliphatic carbocycles. The van der Waals surface area contributed by atoms with Crippen LogP contribution in [0.15, 0.2) is 35.7 Å². The number of benzene rings is 1. The van der Waals surface area contributed by atoms with E-state index >= 15 is 0 Å². The van der Waals surface area contributed by atoms with E-state index in [2.05, 4.69) is 15.2 Å². The lowest BCUT2D eigenvalue weighted by molar-refractivity contribution is 0.0995. The van der Waals surface area contributed by atoms with Crippen molar-refractivity contribution in [2.75, 3.05) is 0 Å². The van der Waals surface area contributed by atoms with Crippen LogP contribution in [0, 0.1) is 6.92 Å². The van der Waals surface area contributed by atoms with Gasteiger partial charge in [0.1, 0.15) is 6.33 Å². The topological polar surface area (TPSA) is 63.6 Å². The summed E-state index contributed by atoms with van der Waals surface area (Å²) in [6.07, 6.45) is 1.64. The zero-order valence-corrected chi connectivity index (χ0v) is 12.9. The second kappa shape index (κ2) is 5.37. The van der Waals surface area contributed by atoms with Gasteiger partial charge in [0, 0.05) is 29.2 Å². The highest BCUT2D eigenvalue weighted by atomic mass is 32.2. The van der Waals surface area contributed by atoms with Crippen LogP contribution < -0.4 is 0 Å². The standard InChI is InChI=1S/C15H16N4OS/c1-9-13(11-6-4-5-7-12(11)17-9)14(20)10(2)21-15-18-16-8-19(15)3/h4-8,10,17H,1-3H3/t10-/m0/s1. The zero-order valence-electron chi connectivity index (χ0n) is 12.1. The molecule has 0 amide bonds. The molecule has 0 aliphatic heterocycles. The summed E-state index contributed by atoms with van der Waals surface area (Å²) in [4.78, 5) is 16.0. The lowest BCUT2D eigenvalue weighted by Gasteiger charge is -2.09. The molecule has 3 rings (SSSR count). The molecule has 0 saturated heterocycles. The first kappa shape index (κ1) is 13.9. The highest BCUT2D eigenvalue weighted by Gasteiger charge is 2.23. The molecule has 1 aromatic carbocycles. The monoisotopic (exact) mass is 300 g/mol. The van der Waals surface area contributed by atoms with Gasteiger partial charge in [-0.05, 0) is 19.9 Å². The van der Waals surface area contributed by atoms with Gasteiger partial charge in [0.15, 0.2) is 10.9 Å². The zero-order chi connectivity index (χ0) is 15.0. The molecule has 0 radical (unpaired) electrons. The number of H-pyrrole nitrogens is 1. The van der Waals surface area contributed by atoms with Crippen molar-refractivity contribution >= 4 is 28.4 Å². The SMILES string of the molecule is Cc1[nH]c2ccccc2c1C(=O)[C@H](C)Sc1nncn1C. The van der Waals surface area contributed by atoms with E-state index in [9.17, 15) is 4.79 Å². The molecular weight excluding hydrogens is 284 g/mol. The molecule has 3 aromatic rings. The van der Waals surface area contributed by atoms with Gasteiger partial charge < -0.3 is 9.55 Å². The summed E-state index contributed by atoms with van der Waals surface area (Å²) in [5.74, 6) is 0.109. The molecule has 0 aliphatic rings. The summed E-state index contributed by atoms with van der Waals surface area (Å²) in [6, 6.07) is 7.88. The predicted molar refractivity (Wildman–Crippen MR) is 83.7 cm³/mol. The minimum absolute atomic E-state index is 0.109. The van der Waals surface area contributed by atoms with E-state index in [-0.39, 0.29) is 11.0 Å². The lowest BCUT2D eigenvalue weighted by Crippen LogP contribution is -2.15. The van der Waals surface area contributed by atoms with E-state index in [1.807, 2.05) is 49.7 Å². The third-order valence-electron chi connectivity index (χ3n) is 3.46. The number of hydrogen-bond donors (Lipinski definition) is 1. The number of rotatable bonds is 4. The Balaban J connectivity index is 1.93. The number of carbonyl (C=O) groups excluding carboxylic acids is 1. The van der Waals surface area contributed by atoms with Crippen LogP contribution in [-0.4, -0.2) is 30.8 Å². The number of aromatic amines is 1. The highest BCUT2D eigenvalue weighted by Crippen LogP contribution is 2.28. The van der Waals surface area contributed by atoms with Crippen LogP contribution in [0.3, 0.4) is 0 Å². The predicted octanol–water partition coefficient (Wildman–Crippen LogP) is 2.97. The number of carbonyl (C=O) groups is 1. The Labute approximate surface area is 126 Å². The number of ketones is 1. The maximum absolute atomic E-state index is 12.8. The number of aryl methyl sites for hydroxylation is 2. The van der Waals surface area contributed by atoms with Gasteiger partial charge in [0.05, 0.1) is 5.25 Å². The molecule has 1 N–H and O–H groups in total. The first-order valence-electron chi connectivity index (χ1n) is 6.70. The van der Waals surface area contributed by atoms with Gasteiger partial charge in [-0.1, -0.05) is 30.0 Å². The number of nitrogens with zero attached hydrogens (tertiary/aromatic N) is 3. The van der Waals surface area contributed by atoms with E-state index < -0.39 is 0 Å². The van der Waals surface area contributed by atoms with Gasteiger partial charge in [-0.25, -0.2) is 0 Å². The first-order chi connectivity index (χ1) is 10.1. The van der Waals surface area contributed by atoms with E-state index in [1.54, 1.807) is 6.33 Å². The quantitative estimate of drug-likeness (QED) is 0.594. The van der Waals surface area contributed by atoms with E-state index in [0.29, 0.717) is 0 Å². The molecule has 0 bridgehead atoms. The molecule has 1 atom stereocenters. The van der Waals surface area contributed by atoms with Gasteiger partial charge in [0.25, 0.3) is 0 Å². The number of hydrogen-bond acceptors (Lipinski definition) is 4. The summed E-state index contributed by atoms with van der Waals surface area (Å²) < 4.78 is 1.82. The largest absolute Gasteiger partial charge is 0.358 e. The normalized spacial score (nSPS) is 12.7. The molecule has 5 nitrogen and oxygen atoms in total. The fourth-order valence-electron chi connectivity index (χ4n) is 2.39. The first-order valence-corrected chi connectivity index (χ1v) is 7.58. The van der Waals surface area contributed by atoms with Crippen LogP contribution in [0.4, 0.5) is 0 Å². The average molecular weight is 300 g/mol. The van der Waals surface area contributed by atoms with Crippen molar-refractivity contribution in [2.45, 2.75) is 24.3 Å². The Kier molecular flexibility index (Phi) is 3.55.